The summed E-state index contributed by atoms with van der Waals surface area (Å²) in [5.41, 5.74) is 1.11. The van der Waals surface area contributed by atoms with Crippen LogP contribution in [0, 0.1) is 10.5 Å². The molecule has 28 heavy (non-hydrogen) atoms. The molecule has 0 aliphatic rings. The minimum atomic E-state index is 0.700. The van der Waals surface area contributed by atoms with Gasteiger partial charge in [0.25, 0.3) is 0 Å². The molecule has 0 saturated heterocycles. The number of hydrogen-bond donors (Lipinski definition) is 0. The van der Waals surface area contributed by atoms with Crippen LogP contribution < -0.4 is 18.6 Å². The molecular weight excluding hydrogens is 467 g/mol. The van der Waals surface area contributed by atoms with Gasteiger partial charge in [-0.15, -0.1) is 0 Å². The van der Waals surface area contributed by atoms with Gasteiger partial charge >= 0.3 is 0 Å². The van der Waals surface area contributed by atoms with Gasteiger partial charge in [0.2, 0.25) is 12.7 Å². The van der Waals surface area contributed by atoms with Crippen molar-refractivity contribution in [2.75, 3.05) is 13.2 Å². The molecule has 0 radical (unpaired) electrons. The number of halogens is 1. The maximum absolute atomic E-state index is 6.00. The van der Waals surface area contributed by atoms with E-state index >= 15 is 0 Å². The highest BCUT2D eigenvalue weighted by Crippen LogP contribution is 2.30. The van der Waals surface area contributed by atoms with Crippen molar-refractivity contribution in [3.63, 3.8) is 0 Å². The van der Waals surface area contributed by atoms with Gasteiger partial charge < -0.3 is 9.47 Å². The Morgan fingerprint density at radius 3 is 1.89 bits per heavy atom. The van der Waals surface area contributed by atoms with Crippen LogP contribution in [0.3, 0.4) is 0 Å². The predicted octanol–water partition coefficient (Wildman–Crippen LogP) is 2.79. The first-order chi connectivity index (χ1) is 13.5. The van der Waals surface area contributed by atoms with Crippen molar-refractivity contribution < 1.29 is 18.6 Å². The van der Waals surface area contributed by atoms with E-state index in [2.05, 4.69) is 75.8 Å². The number of aryl methyl sites for hydroxylation is 5. The van der Waals surface area contributed by atoms with E-state index in [0.717, 1.165) is 46.6 Å². The molecule has 1 aromatic carbocycles. The van der Waals surface area contributed by atoms with E-state index in [9.17, 15) is 0 Å². The second kappa shape index (κ2) is 9.95. The fraction of sp³-hybridized carbons (Fsp3) is 0.429. The second-order valence-corrected chi connectivity index (χ2v) is 8.25. The summed E-state index contributed by atoms with van der Waals surface area (Å²) in [6, 6.07) is 4.16. The average Bonchev–Trinajstić information content (AvgIpc) is 3.27. The van der Waals surface area contributed by atoms with Gasteiger partial charge in [-0.25, -0.2) is 18.3 Å². The molecule has 2 aromatic heterocycles. The summed E-state index contributed by atoms with van der Waals surface area (Å²) in [4.78, 5) is 0. The largest absolute Gasteiger partial charge is 0.493 e. The van der Waals surface area contributed by atoms with E-state index in [-0.39, 0.29) is 0 Å². The number of imidazole rings is 2. The minimum absolute atomic E-state index is 0.700. The van der Waals surface area contributed by atoms with E-state index in [1.165, 1.54) is 0 Å². The molecule has 3 aromatic rings. The molecule has 7 heteroatoms. The lowest BCUT2D eigenvalue weighted by Crippen LogP contribution is -2.23. The first-order valence-corrected chi connectivity index (χ1v) is 10.7. The molecule has 0 spiro atoms. The molecule has 0 aliphatic carbocycles. The van der Waals surface area contributed by atoms with Gasteiger partial charge in [0, 0.05) is 12.8 Å². The molecule has 0 saturated carbocycles. The molecule has 0 amide bonds. The lowest BCUT2D eigenvalue weighted by atomic mass is 10.2. The maximum atomic E-state index is 6.00. The number of aromatic nitrogens is 4. The fourth-order valence-corrected chi connectivity index (χ4v) is 3.62. The molecule has 0 aliphatic heterocycles. The first kappa shape index (κ1) is 20.7. The number of hydrogen-bond acceptors (Lipinski definition) is 2. The van der Waals surface area contributed by atoms with Crippen LogP contribution >= 0.6 is 22.6 Å². The van der Waals surface area contributed by atoms with Crippen molar-refractivity contribution in [1.82, 2.24) is 9.13 Å². The van der Waals surface area contributed by atoms with Gasteiger partial charge in [-0.3, -0.25) is 0 Å². The molecule has 0 unspecified atom stereocenters. The van der Waals surface area contributed by atoms with E-state index in [1.54, 1.807) is 0 Å². The van der Waals surface area contributed by atoms with Crippen LogP contribution in [0.4, 0.5) is 0 Å². The Morgan fingerprint density at radius 1 is 0.857 bits per heavy atom. The molecule has 0 fully saturated rings. The van der Waals surface area contributed by atoms with Gasteiger partial charge in [-0.1, -0.05) is 0 Å². The van der Waals surface area contributed by atoms with Crippen LogP contribution in [-0.4, -0.2) is 22.3 Å². The predicted molar refractivity (Wildman–Crippen MR) is 115 cm³/mol. The van der Waals surface area contributed by atoms with E-state index in [1.807, 2.05) is 35.6 Å². The molecule has 6 nitrogen and oxygen atoms in total. The minimum Gasteiger partial charge on any atom is -0.493 e. The highest BCUT2D eigenvalue weighted by molar-refractivity contribution is 14.1. The zero-order chi connectivity index (χ0) is 19.9. The van der Waals surface area contributed by atoms with Gasteiger partial charge in [0.05, 0.1) is 44.0 Å². The maximum Gasteiger partial charge on any atom is 0.243 e. The normalized spacial score (nSPS) is 11.0. The number of benzene rings is 1. The average molecular weight is 496 g/mol. The first-order valence-electron chi connectivity index (χ1n) is 9.59. The quantitative estimate of drug-likeness (QED) is 0.246. The van der Waals surface area contributed by atoms with Crippen molar-refractivity contribution in [2.45, 2.75) is 32.9 Å². The van der Waals surface area contributed by atoms with Crippen molar-refractivity contribution >= 4 is 22.6 Å². The molecule has 0 bridgehead atoms. The molecule has 0 N–H and O–H groups in total. The van der Waals surface area contributed by atoms with E-state index in [4.69, 9.17) is 9.47 Å². The smallest absolute Gasteiger partial charge is 0.243 e. The Morgan fingerprint density at radius 2 is 1.39 bits per heavy atom. The Hall–Kier alpha value is -2.03. The Balaban J connectivity index is 1.43. The van der Waals surface area contributed by atoms with Gasteiger partial charge in [-0.2, -0.15) is 0 Å². The number of rotatable bonds is 10. The monoisotopic (exact) mass is 496 g/mol. The van der Waals surface area contributed by atoms with Crippen LogP contribution in [0.1, 0.15) is 18.4 Å². The standard InChI is InChI=1S/C21H29IN4O2/c1-18-14-21(28-13-5-7-26-11-9-24(3)17-26)19(22)15-20(18)27-12-4-6-25-10-8-23(2)16-25/h8-11,14-17H,4-7,12-13H2,1-3H3/q+2. The van der Waals surface area contributed by atoms with Crippen molar-refractivity contribution in [2.24, 2.45) is 14.1 Å². The third kappa shape index (κ3) is 5.98. The summed E-state index contributed by atoms with van der Waals surface area (Å²) < 4.78 is 21.5. The molecule has 0 atom stereocenters. The number of nitrogens with zero attached hydrogens (tertiary/aromatic N) is 4. The zero-order valence-corrected chi connectivity index (χ0v) is 19.0. The van der Waals surface area contributed by atoms with Crippen molar-refractivity contribution in [1.29, 1.82) is 0 Å². The zero-order valence-electron chi connectivity index (χ0n) is 16.8. The van der Waals surface area contributed by atoms with Crippen LogP contribution in [0.2, 0.25) is 0 Å². The second-order valence-electron chi connectivity index (χ2n) is 7.09. The van der Waals surface area contributed by atoms with Crippen molar-refractivity contribution in [3.05, 3.63) is 58.7 Å². The van der Waals surface area contributed by atoms with Crippen LogP contribution in [0.5, 0.6) is 11.5 Å². The van der Waals surface area contributed by atoms with Gasteiger partial charge in [0.1, 0.15) is 36.3 Å². The summed E-state index contributed by atoms with van der Waals surface area (Å²) in [5.74, 6) is 1.87. The number of ether oxygens (including phenoxy) is 2. The SMILES string of the molecule is Cc1cc(OCCCn2cc[n+](C)c2)c(I)cc1OCCCn1cc[n+](C)c1. The lowest BCUT2D eigenvalue weighted by Gasteiger charge is -2.13. The Bertz CT molecular complexity index is 830. The highest BCUT2D eigenvalue weighted by Gasteiger charge is 2.09. The summed E-state index contributed by atoms with van der Waals surface area (Å²) in [6.45, 7) is 5.39. The summed E-state index contributed by atoms with van der Waals surface area (Å²) in [7, 11) is 4.06. The van der Waals surface area contributed by atoms with Crippen molar-refractivity contribution in [3.8, 4) is 11.5 Å². The third-order valence-electron chi connectivity index (χ3n) is 4.51. The van der Waals surface area contributed by atoms with Gasteiger partial charge in [0.15, 0.2) is 0 Å². The van der Waals surface area contributed by atoms with Crippen LogP contribution in [-0.2, 0) is 27.2 Å². The molecule has 2 heterocycles. The molecule has 150 valence electrons. The van der Waals surface area contributed by atoms with Crippen LogP contribution in [0.25, 0.3) is 0 Å². The summed E-state index contributed by atoms with van der Waals surface area (Å²) in [5, 5.41) is 0. The van der Waals surface area contributed by atoms with Gasteiger partial charge in [-0.05, 0) is 47.2 Å². The topological polar surface area (TPSA) is 36.1 Å². The van der Waals surface area contributed by atoms with Crippen LogP contribution in [0.15, 0.2) is 49.6 Å². The Kier molecular flexibility index (Phi) is 7.36. The highest BCUT2D eigenvalue weighted by atomic mass is 127. The summed E-state index contributed by atoms with van der Waals surface area (Å²) >= 11 is 2.32. The third-order valence-corrected chi connectivity index (χ3v) is 5.36. The molecule has 3 rings (SSSR count). The Labute approximate surface area is 180 Å². The van der Waals surface area contributed by atoms with E-state index in [0.29, 0.717) is 13.2 Å². The van der Waals surface area contributed by atoms with E-state index < -0.39 is 0 Å². The summed E-state index contributed by atoms with van der Waals surface area (Å²) in [6.07, 6.45) is 14.4. The lowest BCUT2D eigenvalue weighted by molar-refractivity contribution is -0.671. The molecular formula is C21H29IN4O2+2. The fourth-order valence-electron chi connectivity index (χ4n) is 3.03.